The Balaban J connectivity index is 1.66. The van der Waals surface area contributed by atoms with Gasteiger partial charge in [0.25, 0.3) is 5.91 Å². The van der Waals surface area contributed by atoms with Crippen LogP contribution in [0.4, 0.5) is 0 Å². The molecule has 3 heterocycles. The van der Waals surface area contributed by atoms with Crippen LogP contribution in [-0.2, 0) is 0 Å². The van der Waals surface area contributed by atoms with E-state index in [0.29, 0.717) is 24.2 Å². The third-order valence-electron chi connectivity index (χ3n) is 4.04. The Kier molecular flexibility index (Phi) is 4.36. The lowest BCUT2D eigenvalue weighted by Crippen LogP contribution is -2.41. The Hall–Kier alpha value is -1.66. The van der Waals surface area contributed by atoms with Crippen molar-refractivity contribution < 1.29 is 9.32 Å². The van der Waals surface area contributed by atoms with E-state index in [2.05, 4.69) is 39.9 Å². The highest BCUT2D eigenvalue weighted by Crippen LogP contribution is 2.36. The van der Waals surface area contributed by atoms with Crippen LogP contribution in [0.1, 0.15) is 34.2 Å². The standard InChI is InChI=1S/C15H19N3O2S/c1-18-7-2-4-11(14(18)13-5-3-9-21-13)10-16-15(19)12-6-8-20-17-12/h3,5-6,8-9,11,14H,2,4,7,10H2,1H3,(H,16,19)/t11-,14-/m1/s1. The summed E-state index contributed by atoms with van der Waals surface area (Å²) >= 11 is 1.79. The van der Waals surface area contributed by atoms with E-state index in [0.717, 1.165) is 13.0 Å². The second kappa shape index (κ2) is 6.41. The zero-order valence-electron chi connectivity index (χ0n) is 12.0. The molecule has 1 aliphatic heterocycles. The average Bonchev–Trinajstić information content (AvgIpc) is 3.17. The highest BCUT2D eigenvalue weighted by molar-refractivity contribution is 7.10. The molecule has 2 aromatic rings. The smallest absolute Gasteiger partial charge is 0.273 e. The number of hydrogen-bond donors (Lipinski definition) is 1. The SMILES string of the molecule is CN1CCC[C@H](CNC(=O)c2ccon2)[C@@H]1c1cccs1. The molecular formula is C15H19N3O2S. The van der Waals surface area contributed by atoms with E-state index < -0.39 is 0 Å². The molecule has 0 aromatic carbocycles. The molecule has 0 radical (unpaired) electrons. The van der Waals surface area contributed by atoms with Crippen molar-refractivity contribution >= 4 is 17.2 Å². The van der Waals surface area contributed by atoms with Gasteiger partial charge in [-0.3, -0.25) is 9.69 Å². The summed E-state index contributed by atoms with van der Waals surface area (Å²) in [5.41, 5.74) is 0.340. The predicted molar refractivity (Wildman–Crippen MR) is 81.3 cm³/mol. The molecule has 21 heavy (non-hydrogen) atoms. The van der Waals surface area contributed by atoms with Gasteiger partial charge in [0.1, 0.15) is 6.26 Å². The first kappa shape index (κ1) is 14.3. The molecule has 0 saturated carbocycles. The van der Waals surface area contributed by atoms with Crippen LogP contribution < -0.4 is 5.32 Å². The Morgan fingerprint density at radius 1 is 1.57 bits per heavy atom. The lowest BCUT2D eigenvalue weighted by Gasteiger charge is -2.38. The molecule has 0 bridgehead atoms. The molecule has 1 N–H and O–H groups in total. The fourth-order valence-electron chi connectivity index (χ4n) is 3.03. The van der Waals surface area contributed by atoms with Crippen LogP contribution in [-0.4, -0.2) is 36.1 Å². The van der Waals surface area contributed by atoms with Crippen LogP contribution in [0, 0.1) is 5.92 Å². The summed E-state index contributed by atoms with van der Waals surface area (Å²) in [5, 5.41) is 8.77. The van der Waals surface area contributed by atoms with Crippen molar-refractivity contribution in [1.82, 2.24) is 15.4 Å². The fourth-order valence-corrected chi connectivity index (χ4v) is 4.01. The molecule has 0 aliphatic carbocycles. The van der Waals surface area contributed by atoms with Crippen molar-refractivity contribution in [3.8, 4) is 0 Å². The van der Waals surface area contributed by atoms with Crippen molar-refractivity contribution in [2.75, 3.05) is 20.1 Å². The number of carbonyl (C=O) groups excluding carboxylic acids is 1. The fraction of sp³-hybridized carbons (Fsp3) is 0.467. The first-order chi connectivity index (χ1) is 10.3. The van der Waals surface area contributed by atoms with E-state index in [9.17, 15) is 4.79 Å². The molecule has 0 spiro atoms. The molecule has 112 valence electrons. The molecule has 1 fully saturated rings. The molecule has 0 unspecified atom stereocenters. The summed E-state index contributed by atoms with van der Waals surface area (Å²) in [5.74, 6) is 0.264. The highest BCUT2D eigenvalue weighted by Gasteiger charge is 2.31. The normalized spacial score (nSPS) is 23.1. The number of aromatic nitrogens is 1. The van der Waals surface area contributed by atoms with Gasteiger partial charge in [0.2, 0.25) is 0 Å². The van der Waals surface area contributed by atoms with Gasteiger partial charge >= 0.3 is 0 Å². The van der Waals surface area contributed by atoms with Crippen molar-refractivity contribution in [3.05, 3.63) is 40.4 Å². The first-order valence-corrected chi connectivity index (χ1v) is 8.06. The molecule has 5 nitrogen and oxygen atoms in total. The molecule has 1 saturated heterocycles. The largest absolute Gasteiger partial charge is 0.364 e. The van der Waals surface area contributed by atoms with Gasteiger partial charge in [-0.2, -0.15) is 0 Å². The van der Waals surface area contributed by atoms with Crippen LogP contribution in [0.5, 0.6) is 0 Å². The number of amides is 1. The van der Waals surface area contributed by atoms with E-state index in [1.165, 1.54) is 17.6 Å². The van der Waals surface area contributed by atoms with Gasteiger partial charge in [-0.05, 0) is 43.8 Å². The summed E-state index contributed by atoms with van der Waals surface area (Å²) in [6.45, 7) is 1.77. The molecule has 2 aromatic heterocycles. The van der Waals surface area contributed by atoms with Gasteiger partial charge in [-0.1, -0.05) is 11.2 Å². The van der Waals surface area contributed by atoms with E-state index in [4.69, 9.17) is 4.52 Å². The summed E-state index contributed by atoms with van der Waals surface area (Å²) < 4.78 is 4.71. The monoisotopic (exact) mass is 305 g/mol. The number of nitrogens with one attached hydrogen (secondary N) is 1. The Bertz CT molecular complexity index is 568. The van der Waals surface area contributed by atoms with E-state index in [-0.39, 0.29) is 5.91 Å². The molecular weight excluding hydrogens is 286 g/mol. The van der Waals surface area contributed by atoms with Gasteiger partial charge in [0.05, 0.1) is 0 Å². The van der Waals surface area contributed by atoms with Gasteiger partial charge in [0, 0.05) is 23.5 Å². The quantitative estimate of drug-likeness (QED) is 0.943. The average molecular weight is 305 g/mol. The van der Waals surface area contributed by atoms with Crippen molar-refractivity contribution in [2.45, 2.75) is 18.9 Å². The molecule has 1 aliphatic rings. The van der Waals surface area contributed by atoms with E-state index in [1.807, 2.05) is 0 Å². The van der Waals surface area contributed by atoms with Gasteiger partial charge in [-0.15, -0.1) is 11.3 Å². The minimum atomic E-state index is -0.165. The van der Waals surface area contributed by atoms with Crippen molar-refractivity contribution in [2.24, 2.45) is 5.92 Å². The van der Waals surface area contributed by atoms with E-state index in [1.54, 1.807) is 17.4 Å². The number of piperidine rings is 1. The number of carbonyl (C=O) groups is 1. The first-order valence-electron chi connectivity index (χ1n) is 7.18. The molecule has 6 heteroatoms. The molecule has 1 amide bonds. The minimum absolute atomic E-state index is 0.165. The van der Waals surface area contributed by atoms with Crippen LogP contribution in [0.25, 0.3) is 0 Å². The van der Waals surface area contributed by atoms with Crippen LogP contribution in [0.15, 0.2) is 34.4 Å². The Labute approximate surface area is 127 Å². The maximum Gasteiger partial charge on any atom is 0.273 e. The number of thiophene rings is 1. The van der Waals surface area contributed by atoms with Crippen LogP contribution in [0.2, 0.25) is 0 Å². The maximum atomic E-state index is 12.0. The summed E-state index contributed by atoms with van der Waals surface area (Å²) in [6.07, 6.45) is 3.71. The number of nitrogens with zero attached hydrogens (tertiary/aromatic N) is 2. The zero-order valence-corrected chi connectivity index (χ0v) is 12.8. The summed E-state index contributed by atoms with van der Waals surface area (Å²) in [7, 11) is 2.16. The second-order valence-corrected chi connectivity index (χ2v) is 6.42. The number of rotatable bonds is 4. The maximum absolute atomic E-state index is 12.0. The second-order valence-electron chi connectivity index (χ2n) is 5.44. The highest BCUT2D eigenvalue weighted by atomic mass is 32.1. The number of likely N-dealkylation sites (tertiary alicyclic amines) is 1. The lowest BCUT2D eigenvalue weighted by atomic mass is 9.88. The van der Waals surface area contributed by atoms with Gasteiger partial charge < -0.3 is 9.84 Å². The van der Waals surface area contributed by atoms with Crippen LogP contribution in [0.3, 0.4) is 0 Å². The Morgan fingerprint density at radius 3 is 3.19 bits per heavy atom. The van der Waals surface area contributed by atoms with E-state index >= 15 is 0 Å². The Morgan fingerprint density at radius 2 is 2.48 bits per heavy atom. The topological polar surface area (TPSA) is 58.4 Å². The third-order valence-corrected chi connectivity index (χ3v) is 4.98. The third kappa shape index (κ3) is 3.16. The van der Waals surface area contributed by atoms with Crippen molar-refractivity contribution in [3.63, 3.8) is 0 Å². The molecule has 2 atom stereocenters. The van der Waals surface area contributed by atoms with Gasteiger partial charge in [0.15, 0.2) is 5.69 Å². The lowest BCUT2D eigenvalue weighted by molar-refractivity contribution is 0.0887. The predicted octanol–water partition coefficient (Wildman–Crippen LogP) is 2.55. The number of hydrogen-bond acceptors (Lipinski definition) is 5. The minimum Gasteiger partial charge on any atom is -0.364 e. The van der Waals surface area contributed by atoms with Gasteiger partial charge in [-0.25, -0.2) is 0 Å². The van der Waals surface area contributed by atoms with Crippen molar-refractivity contribution in [1.29, 1.82) is 0 Å². The zero-order chi connectivity index (χ0) is 14.7. The summed E-state index contributed by atoms with van der Waals surface area (Å²) in [4.78, 5) is 15.7. The summed E-state index contributed by atoms with van der Waals surface area (Å²) in [6, 6.07) is 6.24. The van der Waals surface area contributed by atoms with Crippen LogP contribution >= 0.6 is 11.3 Å². The molecule has 3 rings (SSSR count).